The Kier molecular flexibility index (Phi) is 4.85. The molecule has 104 valence electrons. The molecular formula is C16H19N3O. The number of rotatable bonds is 5. The normalized spacial score (nSPS) is 12.2. The molecule has 0 aliphatic rings. The number of pyridine rings is 1. The smallest absolute Gasteiger partial charge is 0.242 e. The Morgan fingerprint density at radius 1 is 1.20 bits per heavy atom. The first-order valence-electron chi connectivity index (χ1n) is 6.56. The highest BCUT2D eigenvalue weighted by molar-refractivity contribution is 5.83. The van der Waals surface area contributed by atoms with Crippen molar-refractivity contribution in [1.82, 2.24) is 15.2 Å². The summed E-state index contributed by atoms with van der Waals surface area (Å²) in [6.45, 7) is 0.490. The topological polar surface area (TPSA) is 45.2 Å². The van der Waals surface area contributed by atoms with Crippen molar-refractivity contribution >= 4 is 5.91 Å². The van der Waals surface area contributed by atoms with Gasteiger partial charge in [-0.25, -0.2) is 0 Å². The maximum absolute atomic E-state index is 12.4. The van der Waals surface area contributed by atoms with Gasteiger partial charge in [-0.2, -0.15) is 0 Å². The summed E-state index contributed by atoms with van der Waals surface area (Å²) in [6, 6.07) is 13.3. The average Bonchev–Trinajstić information content (AvgIpc) is 2.47. The van der Waals surface area contributed by atoms with Gasteiger partial charge in [0.25, 0.3) is 0 Å². The van der Waals surface area contributed by atoms with Crippen LogP contribution in [0.25, 0.3) is 0 Å². The Labute approximate surface area is 119 Å². The van der Waals surface area contributed by atoms with Crippen LogP contribution < -0.4 is 5.32 Å². The molecule has 20 heavy (non-hydrogen) atoms. The summed E-state index contributed by atoms with van der Waals surface area (Å²) in [5.41, 5.74) is 1.98. The maximum Gasteiger partial charge on any atom is 0.242 e. The number of aromatic nitrogens is 1. The molecule has 0 saturated heterocycles. The number of benzene rings is 1. The van der Waals surface area contributed by atoms with E-state index in [-0.39, 0.29) is 11.9 Å². The highest BCUT2D eigenvalue weighted by Gasteiger charge is 2.22. The molecule has 0 bridgehead atoms. The molecule has 1 N–H and O–H groups in total. The van der Waals surface area contributed by atoms with Crippen LogP contribution in [0.15, 0.2) is 54.9 Å². The van der Waals surface area contributed by atoms with E-state index in [1.54, 1.807) is 12.4 Å². The molecule has 2 rings (SSSR count). The predicted molar refractivity (Wildman–Crippen MR) is 79.0 cm³/mol. The lowest BCUT2D eigenvalue weighted by Gasteiger charge is -2.23. The zero-order valence-electron chi connectivity index (χ0n) is 11.8. The third-order valence-corrected chi connectivity index (χ3v) is 3.07. The van der Waals surface area contributed by atoms with Gasteiger partial charge in [0.1, 0.15) is 6.04 Å². The summed E-state index contributed by atoms with van der Waals surface area (Å²) < 4.78 is 0. The van der Waals surface area contributed by atoms with E-state index >= 15 is 0 Å². The van der Waals surface area contributed by atoms with Gasteiger partial charge in [-0.3, -0.25) is 14.7 Å². The highest BCUT2D eigenvalue weighted by Crippen LogP contribution is 2.18. The molecule has 0 radical (unpaired) electrons. The van der Waals surface area contributed by atoms with Crippen molar-refractivity contribution in [3.05, 3.63) is 66.0 Å². The van der Waals surface area contributed by atoms with Gasteiger partial charge in [0.2, 0.25) is 5.91 Å². The van der Waals surface area contributed by atoms with Crippen molar-refractivity contribution in [2.24, 2.45) is 0 Å². The molecular weight excluding hydrogens is 250 g/mol. The standard InChI is InChI=1S/C16H19N3O/c1-19(2)15(14-8-4-3-5-9-14)16(20)18-12-13-7-6-10-17-11-13/h3-11,15H,12H2,1-2H3,(H,18,20). The molecule has 1 atom stereocenters. The van der Waals surface area contributed by atoms with Crippen LogP contribution in [0.4, 0.5) is 0 Å². The third-order valence-electron chi connectivity index (χ3n) is 3.07. The van der Waals surface area contributed by atoms with Gasteiger partial charge in [0.15, 0.2) is 0 Å². The van der Waals surface area contributed by atoms with Crippen molar-refractivity contribution in [3.63, 3.8) is 0 Å². The molecule has 0 aliphatic carbocycles. The second kappa shape index (κ2) is 6.82. The predicted octanol–water partition coefficient (Wildman–Crippen LogP) is 2.00. The minimum absolute atomic E-state index is 0.00921. The van der Waals surface area contributed by atoms with Gasteiger partial charge < -0.3 is 5.32 Å². The van der Waals surface area contributed by atoms with Crippen molar-refractivity contribution in [2.75, 3.05) is 14.1 Å². The molecule has 1 heterocycles. The van der Waals surface area contributed by atoms with E-state index in [0.717, 1.165) is 11.1 Å². The summed E-state index contributed by atoms with van der Waals surface area (Å²) in [4.78, 5) is 18.3. The number of carbonyl (C=O) groups is 1. The molecule has 1 unspecified atom stereocenters. The Morgan fingerprint density at radius 2 is 1.95 bits per heavy atom. The van der Waals surface area contributed by atoms with Crippen molar-refractivity contribution in [1.29, 1.82) is 0 Å². The first-order valence-corrected chi connectivity index (χ1v) is 6.56. The van der Waals surface area contributed by atoms with Gasteiger partial charge in [0.05, 0.1) is 0 Å². The zero-order chi connectivity index (χ0) is 14.4. The Balaban J connectivity index is 2.05. The van der Waals surface area contributed by atoms with Crippen LogP contribution in [0.3, 0.4) is 0 Å². The number of nitrogens with zero attached hydrogens (tertiary/aromatic N) is 2. The second-order valence-corrected chi connectivity index (χ2v) is 4.86. The number of hydrogen-bond acceptors (Lipinski definition) is 3. The fourth-order valence-electron chi connectivity index (χ4n) is 2.11. The molecule has 0 fully saturated rings. The fraction of sp³-hybridized carbons (Fsp3) is 0.250. The molecule has 2 aromatic rings. The van der Waals surface area contributed by atoms with E-state index in [2.05, 4.69) is 10.3 Å². The summed E-state index contributed by atoms with van der Waals surface area (Å²) in [6.07, 6.45) is 3.48. The molecule has 0 saturated carbocycles. The first kappa shape index (κ1) is 14.2. The van der Waals surface area contributed by atoms with Crippen LogP contribution in [0.2, 0.25) is 0 Å². The van der Waals surface area contributed by atoms with Gasteiger partial charge in [-0.05, 0) is 31.3 Å². The summed E-state index contributed by atoms with van der Waals surface area (Å²) >= 11 is 0. The Hall–Kier alpha value is -2.20. The van der Waals surface area contributed by atoms with E-state index in [4.69, 9.17) is 0 Å². The van der Waals surface area contributed by atoms with Crippen LogP contribution in [0.5, 0.6) is 0 Å². The van der Waals surface area contributed by atoms with Crippen molar-refractivity contribution in [2.45, 2.75) is 12.6 Å². The quantitative estimate of drug-likeness (QED) is 0.903. The molecule has 4 heteroatoms. The first-order chi connectivity index (χ1) is 9.68. The summed E-state index contributed by atoms with van der Waals surface area (Å²) in [7, 11) is 3.81. The van der Waals surface area contributed by atoms with Crippen LogP contribution in [0, 0.1) is 0 Å². The number of carbonyl (C=O) groups excluding carboxylic acids is 1. The summed E-state index contributed by atoms with van der Waals surface area (Å²) in [5.74, 6) is -0.00921. The maximum atomic E-state index is 12.4. The Morgan fingerprint density at radius 3 is 2.55 bits per heavy atom. The Bertz CT molecular complexity index is 540. The van der Waals surface area contributed by atoms with E-state index < -0.39 is 0 Å². The molecule has 0 aliphatic heterocycles. The molecule has 1 amide bonds. The van der Waals surface area contributed by atoms with Crippen LogP contribution >= 0.6 is 0 Å². The summed E-state index contributed by atoms with van der Waals surface area (Å²) in [5, 5.41) is 2.96. The average molecular weight is 269 g/mol. The molecule has 1 aromatic carbocycles. The third kappa shape index (κ3) is 3.65. The minimum Gasteiger partial charge on any atom is -0.350 e. The number of likely N-dealkylation sites (N-methyl/N-ethyl adjacent to an activating group) is 1. The lowest BCUT2D eigenvalue weighted by Crippen LogP contribution is -2.36. The van der Waals surface area contributed by atoms with E-state index in [9.17, 15) is 4.79 Å². The monoisotopic (exact) mass is 269 g/mol. The van der Waals surface area contributed by atoms with Crippen molar-refractivity contribution in [3.8, 4) is 0 Å². The number of amides is 1. The molecule has 4 nitrogen and oxygen atoms in total. The van der Waals surface area contributed by atoms with Crippen molar-refractivity contribution < 1.29 is 4.79 Å². The number of hydrogen-bond donors (Lipinski definition) is 1. The largest absolute Gasteiger partial charge is 0.350 e. The van der Waals surface area contributed by atoms with Crippen LogP contribution in [-0.4, -0.2) is 29.9 Å². The second-order valence-electron chi connectivity index (χ2n) is 4.86. The SMILES string of the molecule is CN(C)C(C(=O)NCc1cccnc1)c1ccccc1. The van der Waals surface area contributed by atoms with Gasteiger partial charge >= 0.3 is 0 Å². The van der Waals surface area contributed by atoms with Gasteiger partial charge in [-0.15, -0.1) is 0 Å². The van der Waals surface area contributed by atoms with Crippen LogP contribution in [-0.2, 0) is 11.3 Å². The van der Waals surface area contributed by atoms with Gasteiger partial charge in [-0.1, -0.05) is 36.4 Å². The minimum atomic E-state index is -0.284. The highest BCUT2D eigenvalue weighted by atomic mass is 16.2. The number of nitrogens with one attached hydrogen (secondary N) is 1. The zero-order valence-corrected chi connectivity index (χ0v) is 11.8. The fourth-order valence-corrected chi connectivity index (χ4v) is 2.11. The lowest BCUT2D eigenvalue weighted by molar-refractivity contribution is -0.125. The van der Waals surface area contributed by atoms with Gasteiger partial charge in [0, 0.05) is 18.9 Å². The lowest BCUT2D eigenvalue weighted by atomic mass is 10.1. The van der Waals surface area contributed by atoms with E-state index in [0.29, 0.717) is 6.54 Å². The molecule has 1 aromatic heterocycles. The van der Waals surface area contributed by atoms with E-state index in [1.807, 2.05) is 61.5 Å². The van der Waals surface area contributed by atoms with E-state index in [1.165, 1.54) is 0 Å². The van der Waals surface area contributed by atoms with Crippen LogP contribution in [0.1, 0.15) is 17.2 Å². The molecule has 0 spiro atoms.